The minimum Gasteiger partial charge on any atom is -0.293 e. The molecule has 2 aromatic rings. The summed E-state index contributed by atoms with van der Waals surface area (Å²) in [7, 11) is 0. The van der Waals surface area contributed by atoms with Crippen LogP contribution in [0.2, 0.25) is 0 Å². The smallest absolute Gasteiger partial charge is 0.178 e. The molecule has 0 N–H and O–H groups in total. The molecule has 0 amide bonds. The Labute approximate surface area is 113 Å². The van der Waals surface area contributed by atoms with Crippen molar-refractivity contribution in [1.29, 1.82) is 0 Å². The van der Waals surface area contributed by atoms with E-state index in [4.69, 9.17) is 0 Å². The maximum atomic E-state index is 13.5. The number of aromatic nitrogens is 1. The van der Waals surface area contributed by atoms with E-state index in [9.17, 15) is 13.6 Å². The number of carbonyl (C=O) groups is 1. The highest BCUT2D eigenvalue weighted by Gasteiger charge is 2.20. The van der Waals surface area contributed by atoms with Crippen LogP contribution in [0, 0.1) is 11.6 Å². The second-order valence-electron chi connectivity index (χ2n) is 3.93. The van der Waals surface area contributed by atoms with Crippen molar-refractivity contribution in [1.82, 2.24) is 4.98 Å². The highest BCUT2D eigenvalue weighted by Crippen LogP contribution is 2.25. The summed E-state index contributed by atoms with van der Waals surface area (Å²) in [6.07, 6.45) is 3.25. The van der Waals surface area contributed by atoms with Crippen molar-refractivity contribution in [2.45, 2.75) is 17.1 Å². The van der Waals surface area contributed by atoms with Crippen LogP contribution >= 0.6 is 11.8 Å². The summed E-state index contributed by atoms with van der Waals surface area (Å²) in [6, 6.07) is 6.53. The summed E-state index contributed by atoms with van der Waals surface area (Å²) in [6.45, 7) is 1.69. The van der Waals surface area contributed by atoms with Gasteiger partial charge >= 0.3 is 0 Å². The number of Topliss-reactive ketones (excluding diaryl/α,β-unsaturated/α-hetero) is 1. The van der Waals surface area contributed by atoms with E-state index in [1.165, 1.54) is 17.8 Å². The van der Waals surface area contributed by atoms with Crippen LogP contribution in [-0.2, 0) is 0 Å². The largest absolute Gasteiger partial charge is 0.293 e. The predicted molar refractivity (Wildman–Crippen MR) is 70.2 cm³/mol. The predicted octanol–water partition coefficient (Wildman–Crippen LogP) is 3.72. The number of benzene rings is 1. The van der Waals surface area contributed by atoms with E-state index in [2.05, 4.69) is 4.98 Å². The van der Waals surface area contributed by atoms with Crippen LogP contribution in [0.1, 0.15) is 17.3 Å². The van der Waals surface area contributed by atoms with Crippen LogP contribution in [0.15, 0.2) is 47.6 Å². The number of thioether (sulfide) groups is 1. The molecule has 0 radical (unpaired) electrons. The first-order valence-electron chi connectivity index (χ1n) is 5.64. The van der Waals surface area contributed by atoms with Crippen molar-refractivity contribution in [2.24, 2.45) is 0 Å². The zero-order valence-electron chi connectivity index (χ0n) is 10.1. The normalized spacial score (nSPS) is 12.2. The van der Waals surface area contributed by atoms with E-state index in [-0.39, 0.29) is 11.3 Å². The van der Waals surface area contributed by atoms with Gasteiger partial charge in [0.05, 0.1) is 10.8 Å². The Morgan fingerprint density at radius 2 is 1.89 bits per heavy atom. The lowest BCUT2D eigenvalue weighted by Gasteiger charge is -2.10. The molecule has 1 aromatic heterocycles. The van der Waals surface area contributed by atoms with Crippen LogP contribution in [0.3, 0.4) is 0 Å². The maximum absolute atomic E-state index is 13.5. The molecule has 0 aliphatic rings. The van der Waals surface area contributed by atoms with Gasteiger partial charge in [0, 0.05) is 23.4 Å². The number of ketones is 1. The number of hydrogen-bond acceptors (Lipinski definition) is 3. The van der Waals surface area contributed by atoms with Gasteiger partial charge in [0.1, 0.15) is 11.6 Å². The van der Waals surface area contributed by atoms with Gasteiger partial charge in [0.25, 0.3) is 0 Å². The zero-order chi connectivity index (χ0) is 13.8. The molecular formula is C14H11F2NOS. The number of carbonyl (C=O) groups excluding carboxylic acids is 1. The van der Waals surface area contributed by atoms with Gasteiger partial charge in [-0.25, -0.2) is 8.78 Å². The maximum Gasteiger partial charge on any atom is 0.178 e. The Morgan fingerprint density at radius 1 is 1.21 bits per heavy atom. The third-order valence-corrected chi connectivity index (χ3v) is 3.64. The van der Waals surface area contributed by atoms with Crippen molar-refractivity contribution in [3.63, 3.8) is 0 Å². The molecule has 19 heavy (non-hydrogen) atoms. The molecule has 0 saturated heterocycles. The van der Waals surface area contributed by atoms with E-state index in [0.29, 0.717) is 0 Å². The van der Waals surface area contributed by atoms with Gasteiger partial charge in [-0.2, -0.15) is 0 Å². The fourth-order valence-corrected chi connectivity index (χ4v) is 2.50. The van der Waals surface area contributed by atoms with Crippen molar-refractivity contribution in [3.8, 4) is 0 Å². The van der Waals surface area contributed by atoms with E-state index in [0.717, 1.165) is 17.0 Å². The molecule has 0 aliphatic heterocycles. The topological polar surface area (TPSA) is 30.0 Å². The van der Waals surface area contributed by atoms with E-state index in [1.54, 1.807) is 31.5 Å². The van der Waals surface area contributed by atoms with Gasteiger partial charge in [0.2, 0.25) is 0 Å². The molecular weight excluding hydrogens is 268 g/mol. The summed E-state index contributed by atoms with van der Waals surface area (Å²) in [5, 5.41) is -0.456. The lowest BCUT2D eigenvalue weighted by Crippen LogP contribution is -2.15. The number of halogens is 2. The molecule has 0 bridgehead atoms. The summed E-state index contributed by atoms with van der Waals surface area (Å²) < 4.78 is 26.3. The van der Waals surface area contributed by atoms with Crippen molar-refractivity contribution < 1.29 is 13.6 Å². The Balaban J connectivity index is 2.15. The Morgan fingerprint density at radius 3 is 2.53 bits per heavy atom. The van der Waals surface area contributed by atoms with Gasteiger partial charge < -0.3 is 0 Å². The van der Waals surface area contributed by atoms with Crippen LogP contribution in [0.4, 0.5) is 8.78 Å². The molecule has 2 nitrogen and oxygen atoms in total. The quantitative estimate of drug-likeness (QED) is 0.631. The lowest BCUT2D eigenvalue weighted by atomic mass is 10.1. The third-order valence-electron chi connectivity index (χ3n) is 2.53. The Hall–Kier alpha value is -1.75. The number of nitrogens with zero attached hydrogens (tertiary/aromatic N) is 1. The minimum absolute atomic E-state index is 0.0875. The average Bonchev–Trinajstić information content (AvgIpc) is 2.39. The third kappa shape index (κ3) is 3.38. The molecule has 0 saturated carbocycles. The van der Waals surface area contributed by atoms with Crippen LogP contribution in [0.5, 0.6) is 0 Å². The SMILES string of the molecule is CC(Sc1ccncc1)C(=O)c1ccc(F)cc1F. The van der Waals surface area contributed by atoms with Crippen LogP contribution in [0.25, 0.3) is 0 Å². The molecule has 2 rings (SSSR count). The van der Waals surface area contributed by atoms with Gasteiger partial charge in [-0.15, -0.1) is 11.8 Å². The molecule has 1 unspecified atom stereocenters. The average molecular weight is 279 g/mol. The molecule has 0 spiro atoms. The van der Waals surface area contributed by atoms with E-state index in [1.807, 2.05) is 0 Å². The van der Waals surface area contributed by atoms with Gasteiger partial charge in [-0.05, 0) is 31.2 Å². The fraction of sp³-hybridized carbons (Fsp3) is 0.143. The summed E-state index contributed by atoms with van der Waals surface area (Å²) >= 11 is 1.31. The molecule has 5 heteroatoms. The minimum atomic E-state index is -0.827. The number of rotatable bonds is 4. The van der Waals surface area contributed by atoms with E-state index >= 15 is 0 Å². The molecule has 1 heterocycles. The Bertz CT molecular complexity index is 589. The summed E-state index contributed by atoms with van der Waals surface area (Å²) in [5.41, 5.74) is -0.0875. The second-order valence-corrected chi connectivity index (χ2v) is 5.35. The zero-order valence-corrected chi connectivity index (χ0v) is 11.0. The summed E-state index contributed by atoms with van der Waals surface area (Å²) in [5.74, 6) is -1.88. The van der Waals surface area contributed by atoms with Gasteiger partial charge in [0.15, 0.2) is 5.78 Å². The van der Waals surface area contributed by atoms with Crippen LogP contribution in [-0.4, -0.2) is 16.0 Å². The Kier molecular flexibility index (Phi) is 4.27. The first kappa shape index (κ1) is 13.7. The van der Waals surface area contributed by atoms with Crippen LogP contribution < -0.4 is 0 Å². The molecule has 98 valence electrons. The van der Waals surface area contributed by atoms with Gasteiger partial charge in [-0.3, -0.25) is 9.78 Å². The highest BCUT2D eigenvalue weighted by atomic mass is 32.2. The monoisotopic (exact) mass is 279 g/mol. The lowest BCUT2D eigenvalue weighted by molar-refractivity contribution is 0.0990. The molecule has 1 atom stereocenters. The molecule has 1 aromatic carbocycles. The van der Waals surface area contributed by atoms with Crippen molar-refractivity contribution in [3.05, 3.63) is 59.9 Å². The molecule has 0 aliphatic carbocycles. The van der Waals surface area contributed by atoms with E-state index < -0.39 is 16.9 Å². The summed E-state index contributed by atoms with van der Waals surface area (Å²) in [4.78, 5) is 16.8. The first-order valence-corrected chi connectivity index (χ1v) is 6.52. The second kappa shape index (κ2) is 5.93. The first-order chi connectivity index (χ1) is 9.08. The number of hydrogen-bond donors (Lipinski definition) is 0. The number of pyridine rings is 1. The van der Waals surface area contributed by atoms with Gasteiger partial charge in [-0.1, -0.05) is 0 Å². The van der Waals surface area contributed by atoms with Crippen molar-refractivity contribution >= 4 is 17.5 Å². The molecule has 0 fully saturated rings. The highest BCUT2D eigenvalue weighted by molar-refractivity contribution is 8.00. The fourth-order valence-electron chi connectivity index (χ4n) is 1.58. The van der Waals surface area contributed by atoms with Crippen molar-refractivity contribution in [2.75, 3.05) is 0 Å². The standard InChI is InChI=1S/C14H11F2NOS/c1-9(19-11-4-6-17-7-5-11)14(18)12-3-2-10(15)8-13(12)16/h2-9H,1H3.